The molecule has 0 aromatic carbocycles. The first kappa shape index (κ1) is 22.9. The first-order valence-corrected chi connectivity index (χ1v) is 10.7. The van der Waals surface area contributed by atoms with Crippen molar-refractivity contribution in [3.05, 3.63) is 34.0 Å². The van der Waals surface area contributed by atoms with Crippen molar-refractivity contribution in [1.82, 2.24) is 19.9 Å². The lowest BCUT2D eigenvalue weighted by atomic mass is 10.2. The third-order valence-corrected chi connectivity index (χ3v) is 6.15. The number of hydrogen-bond donors (Lipinski definition) is 1. The highest BCUT2D eigenvalue weighted by molar-refractivity contribution is 7.16. The van der Waals surface area contributed by atoms with E-state index in [0.717, 1.165) is 33.9 Å². The molecule has 0 unspecified atom stereocenters. The Labute approximate surface area is 184 Å². The molecular weight excluding hydrogens is 453 g/mol. The van der Waals surface area contributed by atoms with E-state index >= 15 is 0 Å². The molecule has 0 bridgehead atoms. The average Bonchev–Trinajstić information content (AvgIpc) is 3.30. The van der Waals surface area contributed by atoms with Crippen LogP contribution in [0.1, 0.15) is 16.3 Å². The summed E-state index contributed by atoms with van der Waals surface area (Å²) in [6.45, 7) is 5.17. The van der Waals surface area contributed by atoms with Gasteiger partial charge in [0.2, 0.25) is 5.95 Å². The average molecular weight is 473 g/mol. The minimum Gasteiger partial charge on any atom is -0.461 e. The lowest BCUT2D eigenvalue weighted by Gasteiger charge is -2.37. The number of ether oxygens (including phenoxy) is 1. The zero-order chi connectivity index (χ0) is 22.6. The number of carbonyl (C=O) groups excluding carboxylic acids is 1. The number of rotatable bonds is 5. The molecule has 3 aromatic heterocycles. The highest BCUT2D eigenvalue weighted by Gasteiger charge is 2.33. The van der Waals surface area contributed by atoms with Gasteiger partial charge in [0.1, 0.15) is 6.10 Å². The van der Waals surface area contributed by atoms with Gasteiger partial charge in [-0.25, -0.2) is 19.9 Å². The number of alkyl halides is 3. The second-order valence-electron chi connectivity index (χ2n) is 6.46. The van der Waals surface area contributed by atoms with Gasteiger partial charge in [-0.1, -0.05) is 0 Å². The van der Waals surface area contributed by atoms with E-state index in [4.69, 9.17) is 0 Å². The topological polar surface area (TPSA) is 93.1 Å². The number of anilines is 2. The van der Waals surface area contributed by atoms with Crippen molar-refractivity contribution < 1.29 is 22.7 Å². The number of nitrogens with zero attached hydrogens (tertiary/aromatic N) is 5. The van der Waals surface area contributed by atoms with Crippen molar-refractivity contribution >= 4 is 40.2 Å². The summed E-state index contributed by atoms with van der Waals surface area (Å²) < 4.78 is 41.3. The Hall–Kier alpha value is -2.80. The van der Waals surface area contributed by atoms with E-state index in [9.17, 15) is 18.0 Å². The molecule has 3 aromatic rings. The van der Waals surface area contributed by atoms with Crippen molar-refractivity contribution in [2.45, 2.75) is 26.1 Å². The summed E-state index contributed by atoms with van der Waals surface area (Å²) in [5.74, 6) is 0.198. The second kappa shape index (κ2) is 9.56. The molecule has 0 spiro atoms. The van der Waals surface area contributed by atoms with E-state index in [2.05, 4.69) is 35.4 Å². The summed E-state index contributed by atoms with van der Waals surface area (Å²) >= 11 is 3.32. The Kier molecular flexibility index (Phi) is 7.05. The molecule has 4 heterocycles. The maximum atomic E-state index is 12.2. The first-order valence-electron chi connectivity index (χ1n) is 9.02. The van der Waals surface area contributed by atoms with Gasteiger partial charge in [0.15, 0.2) is 5.13 Å². The molecule has 0 radical (unpaired) electrons. The Morgan fingerprint density at radius 1 is 1.23 bits per heavy atom. The normalized spacial score (nSPS) is 13.8. The number of nitrogens with one attached hydrogen (secondary N) is 1. The van der Waals surface area contributed by atoms with Gasteiger partial charge in [-0.15, -0.1) is 22.7 Å². The smallest absolute Gasteiger partial charge is 0.419 e. The number of hydrogen-bond acceptors (Lipinski definition) is 10. The highest BCUT2D eigenvalue weighted by atomic mass is 32.1. The van der Waals surface area contributed by atoms with Crippen LogP contribution in [0, 0.1) is 13.8 Å². The number of thiazole rings is 2. The standard InChI is InChI=1S/C9H8F3N3O2.C9H11N3S2/c10-9(11,12)6-1-13-8(14-2-6)15-3-7(4-15)17-5-16;1-5-8(14-6(2)11-5)7-4-13-9(10-3)12-7/h1-2,5,7H,3-4H2;4H,1-3H3,(H,10,12). The summed E-state index contributed by atoms with van der Waals surface area (Å²) in [4.78, 5) is 28.9. The predicted octanol–water partition coefficient (Wildman–Crippen LogP) is 3.78. The minimum absolute atomic E-state index is 0.198. The quantitative estimate of drug-likeness (QED) is 0.561. The molecule has 0 aliphatic carbocycles. The fourth-order valence-electron chi connectivity index (χ4n) is 2.66. The van der Waals surface area contributed by atoms with Crippen LogP contribution in [0.25, 0.3) is 10.6 Å². The van der Waals surface area contributed by atoms with Gasteiger partial charge in [0.25, 0.3) is 6.47 Å². The Morgan fingerprint density at radius 2 is 1.90 bits per heavy atom. The molecule has 13 heteroatoms. The van der Waals surface area contributed by atoms with E-state index in [1.54, 1.807) is 27.6 Å². The molecular formula is C18H19F3N6O2S2. The van der Waals surface area contributed by atoms with Crippen LogP contribution in [0.5, 0.6) is 0 Å². The van der Waals surface area contributed by atoms with Crippen LogP contribution in [0.3, 0.4) is 0 Å². The summed E-state index contributed by atoms with van der Waals surface area (Å²) in [6, 6.07) is 0. The molecule has 31 heavy (non-hydrogen) atoms. The van der Waals surface area contributed by atoms with E-state index in [-0.39, 0.29) is 12.1 Å². The van der Waals surface area contributed by atoms with Crippen molar-refractivity contribution in [3.63, 3.8) is 0 Å². The largest absolute Gasteiger partial charge is 0.461 e. The minimum atomic E-state index is -4.43. The molecule has 0 saturated carbocycles. The van der Waals surface area contributed by atoms with Gasteiger partial charge >= 0.3 is 6.18 Å². The Bertz CT molecular complexity index is 1020. The fraction of sp³-hybridized carbons (Fsp3) is 0.389. The van der Waals surface area contributed by atoms with E-state index in [1.807, 2.05) is 20.9 Å². The molecule has 166 valence electrons. The fourth-order valence-corrected chi connectivity index (χ4v) is 4.28. The van der Waals surface area contributed by atoms with Crippen LogP contribution in [0.15, 0.2) is 17.8 Å². The van der Waals surface area contributed by atoms with Crippen LogP contribution < -0.4 is 10.2 Å². The zero-order valence-corrected chi connectivity index (χ0v) is 18.4. The number of carbonyl (C=O) groups is 1. The molecule has 1 aliphatic heterocycles. The molecule has 1 aliphatic rings. The van der Waals surface area contributed by atoms with Gasteiger partial charge in [0, 0.05) is 24.8 Å². The highest BCUT2D eigenvalue weighted by Crippen LogP contribution is 2.32. The number of halogens is 3. The summed E-state index contributed by atoms with van der Waals surface area (Å²) in [7, 11) is 1.88. The van der Waals surface area contributed by atoms with Crippen LogP contribution in [-0.4, -0.2) is 52.6 Å². The lowest BCUT2D eigenvalue weighted by Crippen LogP contribution is -2.52. The van der Waals surface area contributed by atoms with Crippen LogP contribution in [-0.2, 0) is 15.7 Å². The third-order valence-electron chi connectivity index (χ3n) is 4.20. The van der Waals surface area contributed by atoms with Crippen LogP contribution >= 0.6 is 22.7 Å². The van der Waals surface area contributed by atoms with Crippen LogP contribution in [0.4, 0.5) is 24.3 Å². The maximum Gasteiger partial charge on any atom is 0.419 e. The van der Waals surface area contributed by atoms with Crippen molar-refractivity contribution in [3.8, 4) is 10.6 Å². The van der Waals surface area contributed by atoms with Crippen LogP contribution in [0.2, 0.25) is 0 Å². The monoisotopic (exact) mass is 472 g/mol. The van der Waals surface area contributed by atoms with Crippen molar-refractivity contribution in [1.29, 1.82) is 0 Å². The molecule has 0 atom stereocenters. The molecule has 1 saturated heterocycles. The summed E-state index contributed by atoms with van der Waals surface area (Å²) in [6.07, 6.45) is -3.21. The molecule has 0 amide bonds. The summed E-state index contributed by atoms with van der Waals surface area (Å²) in [5.41, 5.74) is 1.21. The molecule has 4 rings (SSSR count). The Morgan fingerprint density at radius 3 is 2.39 bits per heavy atom. The van der Waals surface area contributed by atoms with Gasteiger partial charge in [-0.2, -0.15) is 13.2 Å². The van der Waals surface area contributed by atoms with Gasteiger partial charge in [-0.3, -0.25) is 4.79 Å². The maximum absolute atomic E-state index is 12.2. The summed E-state index contributed by atoms with van der Waals surface area (Å²) in [5, 5.41) is 7.14. The molecule has 1 N–H and O–H groups in total. The van der Waals surface area contributed by atoms with Gasteiger partial charge in [0.05, 0.1) is 39.9 Å². The predicted molar refractivity (Wildman–Crippen MR) is 112 cm³/mol. The van der Waals surface area contributed by atoms with E-state index in [1.165, 1.54) is 4.88 Å². The van der Waals surface area contributed by atoms with E-state index < -0.39 is 11.7 Å². The Balaban J connectivity index is 0.000000179. The number of aromatic nitrogens is 4. The zero-order valence-electron chi connectivity index (χ0n) is 16.8. The van der Waals surface area contributed by atoms with Crippen molar-refractivity contribution in [2.24, 2.45) is 0 Å². The van der Waals surface area contributed by atoms with E-state index in [0.29, 0.717) is 19.6 Å². The first-order chi connectivity index (χ1) is 14.7. The molecule has 8 nitrogen and oxygen atoms in total. The lowest BCUT2D eigenvalue weighted by molar-refractivity contribution is -0.138. The second-order valence-corrected chi connectivity index (χ2v) is 8.53. The molecule has 1 fully saturated rings. The van der Waals surface area contributed by atoms with Crippen molar-refractivity contribution in [2.75, 3.05) is 30.4 Å². The van der Waals surface area contributed by atoms with Gasteiger partial charge < -0.3 is 15.0 Å². The number of aryl methyl sites for hydroxylation is 2. The van der Waals surface area contributed by atoms with Gasteiger partial charge in [-0.05, 0) is 13.8 Å². The third kappa shape index (κ3) is 5.67. The SMILES string of the molecule is CNc1nc(-c2sc(C)nc2C)cs1.O=COC1CN(c2ncc(C(F)(F)F)cn2)C1.